The predicted octanol–water partition coefficient (Wildman–Crippen LogP) is 3.14. The van der Waals surface area contributed by atoms with Crippen LogP contribution in [0.25, 0.3) is 10.9 Å². The number of ether oxygens (including phenoxy) is 1. The summed E-state index contributed by atoms with van der Waals surface area (Å²) in [5, 5.41) is 16.1. The van der Waals surface area contributed by atoms with Gasteiger partial charge in [0.25, 0.3) is 0 Å². The Balaban J connectivity index is 1.69. The molecule has 2 unspecified atom stereocenters. The van der Waals surface area contributed by atoms with Gasteiger partial charge in [0.2, 0.25) is 0 Å². The molecule has 0 spiro atoms. The summed E-state index contributed by atoms with van der Waals surface area (Å²) in [5.41, 5.74) is 0.905. The van der Waals surface area contributed by atoms with Crippen LogP contribution in [0.4, 0.5) is 0 Å². The maximum absolute atomic E-state index is 11.7. The largest absolute Gasteiger partial charge is 0.469 e. The van der Waals surface area contributed by atoms with Crippen LogP contribution in [0.15, 0.2) is 28.9 Å². The van der Waals surface area contributed by atoms with Gasteiger partial charge in [0.15, 0.2) is 0 Å². The standard InChI is InChI=1S/C17H21BrN2O3/c1-23-17(22)12-5-2-4-11(8-12)16(21)10-20-9-13-14(18)6-3-7-15(13)19-20/h3,6-7,9,11-12,16,21H,2,4-5,8,10H2,1H3/t11?,12?,16-/m0/s1. The third-order valence-electron chi connectivity index (χ3n) is 4.71. The molecule has 0 radical (unpaired) electrons. The highest BCUT2D eigenvalue weighted by Gasteiger charge is 2.31. The summed E-state index contributed by atoms with van der Waals surface area (Å²) in [5.74, 6) is -0.126. The van der Waals surface area contributed by atoms with Gasteiger partial charge in [-0.25, -0.2) is 0 Å². The van der Waals surface area contributed by atoms with E-state index in [9.17, 15) is 9.90 Å². The van der Waals surface area contributed by atoms with Gasteiger partial charge in [0.1, 0.15) is 0 Å². The molecule has 23 heavy (non-hydrogen) atoms. The van der Waals surface area contributed by atoms with E-state index in [2.05, 4.69) is 21.0 Å². The van der Waals surface area contributed by atoms with Crippen molar-refractivity contribution in [2.24, 2.45) is 11.8 Å². The first-order chi connectivity index (χ1) is 11.1. The van der Waals surface area contributed by atoms with Crippen molar-refractivity contribution >= 4 is 32.8 Å². The SMILES string of the molecule is COC(=O)C1CCCC([C@@H](O)Cn2cc3c(Br)cccc3n2)C1. The van der Waals surface area contributed by atoms with E-state index in [1.54, 1.807) is 4.68 Å². The Hall–Kier alpha value is -1.40. The van der Waals surface area contributed by atoms with Crippen LogP contribution in [-0.4, -0.2) is 34.1 Å². The highest BCUT2D eigenvalue weighted by molar-refractivity contribution is 9.10. The van der Waals surface area contributed by atoms with Gasteiger partial charge in [0, 0.05) is 16.1 Å². The quantitative estimate of drug-likeness (QED) is 0.827. The number of carbonyl (C=O) groups is 1. The van der Waals surface area contributed by atoms with Crippen LogP contribution in [0.2, 0.25) is 0 Å². The summed E-state index contributed by atoms with van der Waals surface area (Å²) in [6, 6.07) is 5.88. The summed E-state index contributed by atoms with van der Waals surface area (Å²) in [4.78, 5) is 11.7. The van der Waals surface area contributed by atoms with Gasteiger partial charge >= 0.3 is 5.97 Å². The Kier molecular flexibility index (Phi) is 5.02. The molecule has 6 heteroatoms. The van der Waals surface area contributed by atoms with Crippen LogP contribution >= 0.6 is 15.9 Å². The molecule has 3 atom stereocenters. The van der Waals surface area contributed by atoms with Crippen LogP contribution in [0, 0.1) is 11.8 Å². The molecule has 2 aromatic rings. The monoisotopic (exact) mass is 380 g/mol. The van der Waals surface area contributed by atoms with E-state index >= 15 is 0 Å². The minimum absolute atomic E-state index is 0.0840. The minimum Gasteiger partial charge on any atom is -0.469 e. The first-order valence-electron chi connectivity index (χ1n) is 7.96. The van der Waals surface area contributed by atoms with Gasteiger partial charge in [0.05, 0.1) is 31.2 Å². The first kappa shape index (κ1) is 16.5. The van der Waals surface area contributed by atoms with Crippen molar-refractivity contribution in [2.75, 3.05) is 7.11 Å². The molecule has 1 saturated carbocycles. The Morgan fingerprint density at radius 1 is 1.52 bits per heavy atom. The molecule has 1 aliphatic carbocycles. The molecular weight excluding hydrogens is 360 g/mol. The predicted molar refractivity (Wildman–Crippen MR) is 90.9 cm³/mol. The molecular formula is C17H21BrN2O3. The van der Waals surface area contributed by atoms with Crippen LogP contribution in [0.3, 0.4) is 0 Å². The second kappa shape index (κ2) is 7.01. The van der Waals surface area contributed by atoms with Crippen molar-refractivity contribution in [1.29, 1.82) is 0 Å². The van der Waals surface area contributed by atoms with Gasteiger partial charge in [-0.05, 0) is 37.3 Å². The summed E-state index contributed by atoms with van der Waals surface area (Å²) in [7, 11) is 1.43. The minimum atomic E-state index is -0.504. The first-order valence-corrected chi connectivity index (χ1v) is 8.75. The van der Waals surface area contributed by atoms with Gasteiger partial charge in [-0.15, -0.1) is 0 Å². The normalized spacial score (nSPS) is 22.9. The van der Waals surface area contributed by atoms with Crippen molar-refractivity contribution in [3.63, 3.8) is 0 Å². The average molecular weight is 381 g/mol. The van der Waals surface area contributed by atoms with Crippen molar-refractivity contribution in [1.82, 2.24) is 9.78 Å². The smallest absolute Gasteiger partial charge is 0.308 e. The number of nitrogens with zero attached hydrogens (tertiary/aromatic N) is 2. The molecule has 0 bridgehead atoms. The second-order valence-electron chi connectivity index (χ2n) is 6.24. The summed E-state index contributed by atoms with van der Waals surface area (Å²) in [6.07, 6.45) is 4.89. The second-order valence-corrected chi connectivity index (χ2v) is 7.09. The highest BCUT2D eigenvalue weighted by atomic mass is 79.9. The number of aliphatic hydroxyl groups is 1. The van der Waals surface area contributed by atoms with Gasteiger partial charge in [-0.2, -0.15) is 5.10 Å². The maximum atomic E-state index is 11.7. The van der Waals surface area contributed by atoms with E-state index in [1.807, 2.05) is 24.4 Å². The molecule has 1 aromatic carbocycles. The number of esters is 1. The lowest BCUT2D eigenvalue weighted by atomic mass is 9.78. The van der Waals surface area contributed by atoms with E-state index in [-0.39, 0.29) is 17.8 Å². The maximum Gasteiger partial charge on any atom is 0.308 e. The molecule has 1 aliphatic rings. The number of hydrogen-bond donors (Lipinski definition) is 1. The van der Waals surface area contributed by atoms with E-state index < -0.39 is 6.10 Å². The van der Waals surface area contributed by atoms with E-state index in [0.29, 0.717) is 13.0 Å². The van der Waals surface area contributed by atoms with Crippen molar-refractivity contribution in [2.45, 2.75) is 38.3 Å². The third-order valence-corrected chi connectivity index (χ3v) is 5.40. The van der Waals surface area contributed by atoms with Crippen LogP contribution in [0.1, 0.15) is 25.7 Å². The molecule has 3 rings (SSSR count). The zero-order valence-corrected chi connectivity index (χ0v) is 14.7. The zero-order valence-electron chi connectivity index (χ0n) is 13.1. The number of aliphatic hydroxyl groups excluding tert-OH is 1. The topological polar surface area (TPSA) is 64.3 Å². The number of halogens is 1. The van der Waals surface area contributed by atoms with Crippen LogP contribution in [-0.2, 0) is 16.1 Å². The van der Waals surface area contributed by atoms with Gasteiger partial charge < -0.3 is 9.84 Å². The fraction of sp³-hybridized carbons (Fsp3) is 0.529. The number of rotatable bonds is 4. The average Bonchev–Trinajstić information content (AvgIpc) is 2.98. The molecule has 1 aromatic heterocycles. The molecule has 124 valence electrons. The Bertz CT molecular complexity index is 700. The molecule has 1 N–H and O–H groups in total. The Morgan fingerprint density at radius 3 is 3.09 bits per heavy atom. The van der Waals surface area contributed by atoms with E-state index in [0.717, 1.165) is 34.6 Å². The van der Waals surface area contributed by atoms with Gasteiger partial charge in [-0.3, -0.25) is 9.48 Å². The lowest BCUT2D eigenvalue weighted by Crippen LogP contribution is -2.33. The molecule has 0 aliphatic heterocycles. The molecule has 0 saturated heterocycles. The van der Waals surface area contributed by atoms with Crippen molar-refractivity contribution < 1.29 is 14.6 Å². The molecule has 5 nitrogen and oxygen atoms in total. The van der Waals surface area contributed by atoms with Crippen LogP contribution in [0.5, 0.6) is 0 Å². The fourth-order valence-electron chi connectivity index (χ4n) is 3.45. The lowest BCUT2D eigenvalue weighted by molar-refractivity contribution is -0.147. The van der Waals surface area contributed by atoms with Crippen LogP contribution < -0.4 is 0 Å². The number of benzene rings is 1. The Morgan fingerprint density at radius 2 is 2.35 bits per heavy atom. The van der Waals surface area contributed by atoms with E-state index in [1.165, 1.54) is 7.11 Å². The number of fused-ring (bicyclic) bond motifs is 1. The summed E-state index contributed by atoms with van der Waals surface area (Å²) < 4.78 is 7.64. The van der Waals surface area contributed by atoms with Crippen molar-refractivity contribution in [3.8, 4) is 0 Å². The molecule has 0 amide bonds. The number of methoxy groups -OCH3 is 1. The summed E-state index contributed by atoms with van der Waals surface area (Å²) in [6.45, 7) is 0.444. The zero-order chi connectivity index (χ0) is 16.4. The number of hydrogen-bond acceptors (Lipinski definition) is 4. The van der Waals surface area contributed by atoms with Crippen molar-refractivity contribution in [3.05, 3.63) is 28.9 Å². The Labute approximate surface area is 143 Å². The number of aromatic nitrogens is 2. The third kappa shape index (κ3) is 3.58. The van der Waals surface area contributed by atoms with E-state index in [4.69, 9.17) is 4.74 Å². The highest BCUT2D eigenvalue weighted by Crippen LogP contribution is 2.32. The lowest BCUT2D eigenvalue weighted by Gasteiger charge is -2.30. The van der Waals surface area contributed by atoms with Gasteiger partial charge in [-0.1, -0.05) is 28.4 Å². The molecule has 1 fully saturated rings. The fourth-order valence-corrected chi connectivity index (χ4v) is 3.91. The number of carbonyl (C=O) groups excluding carboxylic acids is 1. The molecule has 1 heterocycles. The summed E-state index contributed by atoms with van der Waals surface area (Å²) >= 11 is 3.52.